The average Bonchev–Trinajstić information content (AvgIpc) is 3.31. The summed E-state index contributed by atoms with van der Waals surface area (Å²) in [7, 11) is 1.65. The summed E-state index contributed by atoms with van der Waals surface area (Å²) in [5, 5.41) is 12.0. The second kappa shape index (κ2) is 6.56. The van der Waals surface area contributed by atoms with Crippen LogP contribution in [-0.2, 0) is 6.54 Å². The predicted molar refractivity (Wildman–Crippen MR) is 92.5 cm³/mol. The zero-order valence-corrected chi connectivity index (χ0v) is 13.7. The van der Waals surface area contributed by atoms with Crippen LogP contribution in [0.4, 0.5) is 0 Å². The van der Waals surface area contributed by atoms with Crippen LogP contribution in [0.5, 0.6) is 5.75 Å². The summed E-state index contributed by atoms with van der Waals surface area (Å²) in [6, 6.07) is 15.0. The highest BCUT2D eigenvalue weighted by Crippen LogP contribution is 2.22. The van der Waals surface area contributed by atoms with Gasteiger partial charge in [0.25, 0.3) is 0 Å². The van der Waals surface area contributed by atoms with E-state index in [1.165, 1.54) is 18.4 Å². The summed E-state index contributed by atoms with van der Waals surface area (Å²) < 4.78 is 7.07. The minimum Gasteiger partial charge on any atom is -0.497 e. The fraction of sp³-hybridized carbons (Fsp3) is 0.294. The van der Waals surface area contributed by atoms with Gasteiger partial charge < -0.3 is 10.1 Å². The standard InChI is InChI=1S/C17H18N4O.ClH/c1-22-15-8-9-17-16(10-15)19-20-21(17)14-6-2-12(3-7-14)11-18-13-4-5-13;/h2-3,6-10,13,18H,4-5,11H2,1H3;1H. The molecule has 1 aliphatic rings. The Morgan fingerprint density at radius 3 is 2.65 bits per heavy atom. The van der Waals surface area contributed by atoms with Crippen LogP contribution in [0.3, 0.4) is 0 Å². The monoisotopic (exact) mass is 330 g/mol. The maximum absolute atomic E-state index is 5.22. The highest BCUT2D eigenvalue weighted by molar-refractivity contribution is 5.85. The third-order valence-electron chi connectivity index (χ3n) is 4.01. The Balaban J connectivity index is 0.00000156. The molecule has 1 heterocycles. The fourth-order valence-electron chi connectivity index (χ4n) is 2.53. The molecular weight excluding hydrogens is 312 g/mol. The van der Waals surface area contributed by atoms with E-state index in [0.717, 1.165) is 35.1 Å². The number of fused-ring (bicyclic) bond motifs is 1. The van der Waals surface area contributed by atoms with Gasteiger partial charge in [0.05, 0.1) is 18.3 Å². The second-order valence-corrected chi connectivity index (χ2v) is 5.68. The fourth-order valence-corrected chi connectivity index (χ4v) is 2.53. The first-order chi connectivity index (χ1) is 10.8. The zero-order valence-electron chi connectivity index (χ0n) is 12.9. The number of aromatic nitrogens is 3. The molecule has 3 aromatic rings. The first kappa shape index (κ1) is 15.8. The van der Waals surface area contributed by atoms with E-state index in [2.05, 4.69) is 39.9 Å². The van der Waals surface area contributed by atoms with Gasteiger partial charge in [-0.1, -0.05) is 17.3 Å². The topological polar surface area (TPSA) is 52.0 Å². The van der Waals surface area contributed by atoms with Crippen LogP contribution in [0.25, 0.3) is 16.7 Å². The molecule has 23 heavy (non-hydrogen) atoms. The van der Waals surface area contributed by atoms with Gasteiger partial charge in [0.1, 0.15) is 11.3 Å². The van der Waals surface area contributed by atoms with Crippen molar-refractivity contribution in [1.82, 2.24) is 20.3 Å². The van der Waals surface area contributed by atoms with E-state index in [9.17, 15) is 0 Å². The molecule has 0 radical (unpaired) electrons. The van der Waals surface area contributed by atoms with Gasteiger partial charge in [-0.05, 0) is 42.7 Å². The number of nitrogens with one attached hydrogen (secondary N) is 1. The van der Waals surface area contributed by atoms with E-state index in [4.69, 9.17) is 4.74 Å². The third-order valence-corrected chi connectivity index (χ3v) is 4.01. The molecule has 4 rings (SSSR count). The Bertz CT molecular complexity index is 796. The summed E-state index contributed by atoms with van der Waals surface area (Å²) in [5.74, 6) is 0.793. The normalized spacial score (nSPS) is 13.8. The molecule has 0 bridgehead atoms. The molecule has 0 unspecified atom stereocenters. The van der Waals surface area contributed by atoms with E-state index in [1.807, 2.05) is 22.9 Å². The quantitative estimate of drug-likeness (QED) is 0.781. The Kier molecular flexibility index (Phi) is 4.50. The van der Waals surface area contributed by atoms with Crippen LogP contribution in [0.15, 0.2) is 42.5 Å². The largest absolute Gasteiger partial charge is 0.497 e. The summed E-state index contributed by atoms with van der Waals surface area (Å²) in [6.45, 7) is 0.931. The predicted octanol–water partition coefficient (Wildman–Crippen LogP) is 3.10. The molecule has 5 nitrogen and oxygen atoms in total. The van der Waals surface area contributed by atoms with Crippen LogP contribution in [0.1, 0.15) is 18.4 Å². The summed E-state index contributed by atoms with van der Waals surface area (Å²) >= 11 is 0. The Hall–Kier alpha value is -2.11. The number of halogens is 1. The van der Waals surface area contributed by atoms with Crippen molar-refractivity contribution in [2.24, 2.45) is 0 Å². The van der Waals surface area contributed by atoms with Crippen LogP contribution in [0, 0.1) is 0 Å². The van der Waals surface area contributed by atoms with Crippen molar-refractivity contribution < 1.29 is 4.74 Å². The molecule has 1 saturated carbocycles. The summed E-state index contributed by atoms with van der Waals surface area (Å²) in [6.07, 6.45) is 2.62. The molecule has 1 N–H and O–H groups in total. The summed E-state index contributed by atoms with van der Waals surface area (Å²) in [5.41, 5.74) is 4.12. The van der Waals surface area contributed by atoms with Gasteiger partial charge in [0.2, 0.25) is 0 Å². The smallest absolute Gasteiger partial charge is 0.121 e. The minimum absolute atomic E-state index is 0. The van der Waals surface area contributed by atoms with Crippen LogP contribution >= 0.6 is 12.4 Å². The van der Waals surface area contributed by atoms with E-state index in [1.54, 1.807) is 7.11 Å². The van der Waals surface area contributed by atoms with Crippen LogP contribution in [-0.4, -0.2) is 28.1 Å². The molecular formula is C17H19ClN4O. The number of rotatable bonds is 5. The third kappa shape index (κ3) is 3.30. The summed E-state index contributed by atoms with van der Waals surface area (Å²) in [4.78, 5) is 0. The number of methoxy groups -OCH3 is 1. The Morgan fingerprint density at radius 1 is 1.17 bits per heavy atom. The van der Waals surface area contributed by atoms with Crippen molar-refractivity contribution in [2.75, 3.05) is 7.11 Å². The first-order valence-electron chi connectivity index (χ1n) is 7.55. The van der Waals surface area contributed by atoms with E-state index >= 15 is 0 Å². The first-order valence-corrected chi connectivity index (χ1v) is 7.55. The van der Waals surface area contributed by atoms with E-state index in [-0.39, 0.29) is 12.4 Å². The molecule has 1 fully saturated rings. The van der Waals surface area contributed by atoms with Gasteiger partial charge in [0, 0.05) is 18.7 Å². The van der Waals surface area contributed by atoms with Gasteiger partial charge in [0.15, 0.2) is 0 Å². The highest BCUT2D eigenvalue weighted by Gasteiger charge is 2.19. The van der Waals surface area contributed by atoms with Gasteiger partial charge in [-0.15, -0.1) is 17.5 Å². The lowest BCUT2D eigenvalue weighted by Gasteiger charge is -2.06. The SMILES string of the molecule is COc1ccc2c(c1)nnn2-c1ccc(CNC2CC2)cc1.Cl. The van der Waals surface area contributed by atoms with Gasteiger partial charge in [-0.3, -0.25) is 0 Å². The second-order valence-electron chi connectivity index (χ2n) is 5.68. The Labute approximate surface area is 141 Å². The zero-order chi connectivity index (χ0) is 14.9. The van der Waals surface area contributed by atoms with Gasteiger partial charge >= 0.3 is 0 Å². The van der Waals surface area contributed by atoms with Crippen LogP contribution in [0.2, 0.25) is 0 Å². The molecule has 1 aromatic heterocycles. The maximum atomic E-state index is 5.22. The van der Waals surface area contributed by atoms with E-state index < -0.39 is 0 Å². The molecule has 0 aliphatic heterocycles. The number of hydrogen-bond acceptors (Lipinski definition) is 4. The maximum Gasteiger partial charge on any atom is 0.121 e. The molecule has 0 spiro atoms. The number of hydrogen-bond donors (Lipinski definition) is 1. The molecule has 1 aliphatic carbocycles. The van der Waals surface area contributed by atoms with Crippen molar-refractivity contribution >= 4 is 23.4 Å². The molecule has 0 amide bonds. The lowest BCUT2D eigenvalue weighted by atomic mass is 10.2. The molecule has 0 saturated heterocycles. The van der Waals surface area contributed by atoms with Gasteiger partial charge in [-0.2, -0.15) is 0 Å². The average molecular weight is 331 g/mol. The van der Waals surface area contributed by atoms with E-state index in [0.29, 0.717) is 0 Å². The molecule has 6 heteroatoms. The lowest BCUT2D eigenvalue weighted by molar-refractivity contribution is 0.415. The highest BCUT2D eigenvalue weighted by atomic mass is 35.5. The van der Waals surface area contributed by atoms with Gasteiger partial charge in [-0.25, -0.2) is 4.68 Å². The van der Waals surface area contributed by atoms with Crippen LogP contribution < -0.4 is 10.1 Å². The lowest BCUT2D eigenvalue weighted by Crippen LogP contribution is -2.15. The van der Waals surface area contributed by atoms with Crippen molar-refractivity contribution in [3.63, 3.8) is 0 Å². The number of ether oxygens (including phenoxy) is 1. The molecule has 0 atom stereocenters. The Morgan fingerprint density at radius 2 is 1.96 bits per heavy atom. The van der Waals surface area contributed by atoms with Crippen molar-refractivity contribution in [3.05, 3.63) is 48.0 Å². The number of benzene rings is 2. The van der Waals surface area contributed by atoms with Crippen molar-refractivity contribution in [3.8, 4) is 11.4 Å². The number of nitrogens with zero attached hydrogens (tertiary/aromatic N) is 3. The van der Waals surface area contributed by atoms with Crippen molar-refractivity contribution in [1.29, 1.82) is 0 Å². The molecule has 120 valence electrons. The van der Waals surface area contributed by atoms with Crippen molar-refractivity contribution in [2.45, 2.75) is 25.4 Å². The minimum atomic E-state index is 0. The molecule has 2 aromatic carbocycles.